The molecule has 0 aromatic heterocycles. The average molecular weight is 334 g/mol. The molecule has 1 rings (SSSR count). The van der Waals surface area contributed by atoms with Crippen LogP contribution < -0.4 is 10.1 Å². The van der Waals surface area contributed by atoms with E-state index in [1.165, 1.54) is 6.42 Å². The van der Waals surface area contributed by atoms with E-state index in [1.807, 2.05) is 0 Å². The van der Waals surface area contributed by atoms with E-state index in [0.29, 0.717) is 34.3 Å². The Morgan fingerprint density at radius 2 is 2.00 bits per heavy atom. The Labute approximate surface area is 137 Å². The van der Waals surface area contributed by atoms with Gasteiger partial charge in [0.2, 0.25) is 0 Å². The van der Waals surface area contributed by atoms with Crippen LogP contribution in [-0.2, 0) is 0 Å². The lowest BCUT2D eigenvalue weighted by atomic mass is 10.0. The monoisotopic (exact) mass is 333 g/mol. The topological polar surface area (TPSA) is 41.5 Å². The van der Waals surface area contributed by atoms with Crippen LogP contribution in [0.4, 0.5) is 0 Å². The molecule has 120 valence electrons. The zero-order chi connectivity index (χ0) is 15.8. The number of hydrogen-bond donors (Lipinski definition) is 2. The summed E-state index contributed by atoms with van der Waals surface area (Å²) in [4.78, 5) is 0. The van der Waals surface area contributed by atoms with Crippen molar-refractivity contribution in [3.05, 3.63) is 28.2 Å². The van der Waals surface area contributed by atoms with Crippen molar-refractivity contribution >= 4 is 23.2 Å². The summed E-state index contributed by atoms with van der Waals surface area (Å²) in [5.74, 6) is 1.18. The molecule has 0 spiro atoms. The Kier molecular flexibility index (Phi) is 8.42. The average Bonchev–Trinajstić information content (AvgIpc) is 2.45. The molecule has 5 heteroatoms. The van der Waals surface area contributed by atoms with Crippen LogP contribution in [0.5, 0.6) is 5.75 Å². The van der Waals surface area contributed by atoms with Crippen molar-refractivity contribution in [2.75, 3.05) is 13.2 Å². The number of nitrogens with one attached hydrogen (secondary N) is 1. The largest absolute Gasteiger partial charge is 0.489 e. The van der Waals surface area contributed by atoms with Gasteiger partial charge in [-0.3, -0.25) is 0 Å². The molecule has 0 radical (unpaired) electrons. The van der Waals surface area contributed by atoms with E-state index in [-0.39, 0.29) is 6.61 Å². The van der Waals surface area contributed by atoms with Crippen molar-refractivity contribution in [3.8, 4) is 5.75 Å². The molecule has 3 unspecified atom stereocenters. The summed E-state index contributed by atoms with van der Waals surface area (Å²) in [6, 6.07) is 5.41. The van der Waals surface area contributed by atoms with Crippen molar-refractivity contribution in [1.82, 2.24) is 5.32 Å². The molecule has 1 aromatic carbocycles. The third-order valence-corrected chi connectivity index (χ3v) is 4.03. The van der Waals surface area contributed by atoms with Gasteiger partial charge in [-0.05, 0) is 31.4 Å². The quantitative estimate of drug-likeness (QED) is 0.713. The SMILES string of the molecule is CCC(C)CC(C)NCC(O)COc1cc(Cl)ccc1Cl. The minimum atomic E-state index is -0.584. The molecule has 0 bridgehead atoms. The fourth-order valence-corrected chi connectivity index (χ4v) is 2.36. The molecule has 0 aliphatic carbocycles. The maximum absolute atomic E-state index is 9.95. The molecule has 21 heavy (non-hydrogen) atoms. The molecular weight excluding hydrogens is 309 g/mol. The molecule has 3 atom stereocenters. The molecule has 0 heterocycles. The highest BCUT2D eigenvalue weighted by Crippen LogP contribution is 2.27. The molecular formula is C16H25Cl2NO2. The van der Waals surface area contributed by atoms with Crippen molar-refractivity contribution in [2.24, 2.45) is 5.92 Å². The number of benzene rings is 1. The molecule has 0 saturated heterocycles. The van der Waals surface area contributed by atoms with Crippen LogP contribution >= 0.6 is 23.2 Å². The lowest BCUT2D eigenvalue weighted by Gasteiger charge is -2.20. The smallest absolute Gasteiger partial charge is 0.139 e. The first-order valence-corrected chi connectivity index (χ1v) is 8.17. The highest BCUT2D eigenvalue weighted by molar-refractivity contribution is 6.34. The second-order valence-electron chi connectivity index (χ2n) is 5.60. The van der Waals surface area contributed by atoms with Crippen molar-refractivity contribution < 1.29 is 9.84 Å². The van der Waals surface area contributed by atoms with Crippen LogP contribution in [0.15, 0.2) is 18.2 Å². The summed E-state index contributed by atoms with van der Waals surface area (Å²) in [5, 5.41) is 14.3. The lowest BCUT2D eigenvalue weighted by molar-refractivity contribution is 0.103. The van der Waals surface area contributed by atoms with E-state index in [1.54, 1.807) is 18.2 Å². The van der Waals surface area contributed by atoms with Gasteiger partial charge in [-0.25, -0.2) is 0 Å². The van der Waals surface area contributed by atoms with Gasteiger partial charge in [0.05, 0.1) is 5.02 Å². The number of ether oxygens (including phenoxy) is 1. The highest BCUT2D eigenvalue weighted by Gasteiger charge is 2.11. The van der Waals surface area contributed by atoms with E-state index in [4.69, 9.17) is 27.9 Å². The van der Waals surface area contributed by atoms with E-state index in [2.05, 4.69) is 26.1 Å². The Balaban J connectivity index is 2.30. The zero-order valence-corrected chi connectivity index (χ0v) is 14.4. The number of hydrogen-bond acceptors (Lipinski definition) is 3. The minimum absolute atomic E-state index is 0.184. The van der Waals surface area contributed by atoms with Crippen LogP contribution in [-0.4, -0.2) is 30.4 Å². The Morgan fingerprint density at radius 1 is 1.29 bits per heavy atom. The maximum atomic E-state index is 9.95. The minimum Gasteiger partial charge on any atom is -0.489 e. The van der Waals surface area contributed by atoms with E-state index < -0.39 is 6.10 Å². The maximum Gasteiger partial charge on any atom is 0.139 e. The highest BCUT2D eigenvalue weighted by atomic mass is 35.5. The van der Waals surface area contributed by atoms with Crippen LogP contribution in [0.25, 0.3) is 0 Å². The predicted molar refractivity (Wildman–Crippen MR) is 89.5 cm³/mol. The van der Waals surface area contributed by atoms with Gasteiger partial charge in [0.25, 0.3) is 0 Å². The molecule has 0 saturated carbocycles. The number of halogens is 2. The molecule has 0 fully saturated rings. The normalized spacial score (nSPS) is 15.5. The van der Waals surface area contributed by atoms with Crippen molar-refractivity contribution in [2.45, 2.75) is 45.8 Å². The fourth-order valence-electron chi connectivity index (χ4n) is 2.02. The summed E-state index contributed by atoms with van der Waals surface area (Å²) >= 11 is 11.9. The second-order valence-corrected chi connectivity index (χ2v) is 6.44. The van der Waals surface area contributed by atoms with Crippen LogP contribution in [0.3, 0.4) is 0 Å². The van der Waals surface area contributed by atoms with Gasteiger partial charge in [-0.15, -0.1) is 0 Å². The predicted octanol–water partition coefficient (Wildman–Crippen LogP) is 4.15. The van der Waals surface area contributed by atoms with Crippen molar-refractivity contribution in [3.63, 3.8) is 0 Å². The zero-order valence-electron chi connectivity index (χ0n) is 12.9. The summed E-state index contributed by atoms with van der Waals surface area (Å²) in [7, 11) is 0. The number of aliphatic hydroxyl groups is 1. The molecule has 1 aromatic rings. The summed E-state index contributed by atoms with van der Waals surface area (Å²) in [6.07, 6.45) is 1.69. The van der Waals surface area contributed by atoms with Gasteiger partial charge in [-0.2, -0.15) is 0 Å². The van der Waals surface area contributed by atoms with E-state index in [9.17, 15) is 5.11 Å². The van der Waals surface area contributed by atoms with Crippen LogP contribution in [0.2, 0.25) is 10.0 Å². The number of rotatable bonds is 9. The third kappa shape index (κ3) is 7.37. The first-order valence-electron chi connectivity index (χ1n) is 7.41. The van der Waals surface area contributed by atoms with Crippen LogP contribution in [0, 0.1) is 5.92 Å². The standard InChI is InChI=1S/C16H25Cl2NO2/c1-4-11(2)7-12(3)19-9-14(20)10-21-16-8-13(17)5-6-15(16)18/h5-6,8,11-12,14,19-20H,4,7,9-10H2,1-3H3. The van der Waals surface area contributed by atoms with Gasteiger partial charge in [0.1, 0.15) is 18.5 Å². The molecule has 0 aliphatic heterocycles. The summed E-state index contributed by atoms with van der Waals surface area (Å²) in [5.41, 5.74) is 0. The third-order valence-electron chi connectivity index (χ3n) is 3.48. The van der Waals surface area contributed by atoms with Gasteiger partial charge in [-0.1, -0.05) is 43.5 Å². The van der Waals surface area contributed by atoms with Gasteiger partial charge >= 0.3 is 0 Å². The van der Waals surface area contributed by atoms with Crippen LogP contribution in [0.1, 0.15) is 33.6 Å². The second kappa shape index (κ2) is 9.52. The fraction of sp³-hybridized carbons (Fsp3) is 0.625. The van der Waals surface area contributed by atoms with Gasteiger partial charge < -0.3 is 15.2 Å². The molecule has 3 nitrogen and oxygen atoms in total. The Morgan fingerprint density at radius 3 is 2.67 bits per heavy atom. The summed E-state index contributed by atoms with van der Waals surface area (Å²) < 4.78 is 5.51. The summed E-state index contributed by atoms with van der Waals surface area (Å²) in [6.45, 7) is 7.24. The molecule has 2 N–H and O–H groups in total. The number of aliphatic hydroxyl groups excluding tert-OH is 1. The Bertz CT molecular complexity index is 429. The van der Waals surface area contributed by atoms with E-state index in [0.717, 1.165) is 6.42 Å². The first kappa shape index (κ1) is 18.6. The lowest BCUT2D eigenvalue weighted by Crippen LogP contribution is -2.37. The first-order chi connectivity index (χ1) is 9.92. The molecule has 0 amide bonds. The Hall–Kier alpha value is -0.480. The van der Waals surface area contributed by atoms with E-state index >= 15 is 0 Å². The van der Waals surface area contributed by atoms with Crippen molar-refractivity contribution in [1.29, 1.82) is 0 Å². The van der Waals surface area contributed by atoms with Gasteiger partial charge in [0, 0.05) is 23.7 Å². The van der Waals surface area contributed by atoms with Gasteiger partial charge in [0.15, 0.2) is 0 Å². The molecule has 0 aliphatic rings.